The molecule has 0 saturated carbocycles. The van der Waals surface area contributed by atoms with E-state index >= 15 is 0 Å². The Balaban J connectivity index is 1.75. The maximum atomic E-state index is 5.36. The quantitative estimate of drug-likeness (QED) is 0.908. The van der Waals surface area contributed by atoms with E-state index in [4.69, 9.17) is 4.74 Å². The summed E-state index contributed by atoms with van der Waals surface area (Å²) in [6.45, 7) is 0.919. The Morgan fingerprint density at radius 1 is 1.15 bits per heavy atom. The van der Waals surface area contributed by atoms with E-state index in [1.807, 2.05) is 0 Å². The van der Waals surface area contributed by atoms with Gasteiger partial charge < -0.3 is 10.1 Å². The number of ether oxygens (including phenoxy) is 1. The number of benzene rings is 2. The molecule has 0 aliphatic heterocycles. The SMILES string of the molecule is COc1ccc2c(c1)C(NCc1ccccc1)CCC2. The minimum absolute atomic E-state index is 0.439. The van der Waals surface area contributed by atoms with Gasteiger partial charge in [-0.15, -0.1) is 0 Å². The number of hydrogen-bond donors (Lipinski definition) is 1. The van der Waals surface area contributed by atoms with Gasteiger partial charge in [0.15, 0.2) is 0 Å². The monoisotopic (exact) mass is 267 g/mol. The fourth-order valence-electron chi connectivity index (χ4n) is 2.95. The molecule has 1 aliphatic carbocycles. The zero-order valence-corrected chi connectivity index (χ0v) is 11.9. The molecule has 2 heteroatoms. The lowest BCUT2D eigenvalue weighted by molar-refractivity contribution is 0.408. The Bertz CT molecular complexity index is 565. The van der Waals surface area contributed by atoms with Gasteiger partial charge in [-0.3, -0.25) is 0 Å². The van der Waals surface area contributed by atoms with Gasteiger partial charge in [-0.2, -0.15) is 0 Å². The second-order valence-corrected chi connectivity index (χ2v) is 5.38. The van der Waals surface area contributed by atoms with Crippen molar-refractivity contribution in [1.82, 2.24) is 5.32 Å². The van der Waals surface area contributed by atoms with Crippen molar-refractivity contribution in [1.29, 1.82) is 0 Å². The van der Waals surface area contributed by atoms with Crippen molar-refractivity contribution in [2.75, 3.05) is 7.11 Å². The van der Waals surface area contributed by atoms with Gasteiger partial charge in [-0.05, 0) is 48.1 Å². The second-order valence-electron chi connectivity index (χ2n) is 5.38. The molecule has 0 amide bonds. The first-order valence-electron chi connectivity index (χ1n) is 7.31. The lowest BCUT2D eigenvalue weighted by Crippen LogP contribution is -2.24. The lowest BCUT2D eigenvalue weighted by atomic mass is 9.87. The summed E-state index contributed by atoms with van der Waals surface area (Å²) in [5, 5.41) is 3.69. The molecule has 0 bridgehead atoms. The van der Waals surface area contributed by atoms with Crippen molar-refractivity contribution in [3.05, 3.63) is 65.2 Å². The van der Waals surface area contributed by atoms with Gasteiger partial charge >= 0.3 is 0 Å². The summed E-state index contributed by atoms with van der Waals surface area (Å²) in [6, 6.07) is 17.5. The van der Waals surface area contributed by atoms with Gasteiger partial charge in [-0.1, -0.05) is 36.4 Å². The molecule has 1 atom stereocenters. The summed E-state index contributed by atoms with van der Waals surface area (Å²) in [5.41, 5.74) is 4.21. The molecule has 1 aliphatic rings. The number of aryl methyl sites for hydroxylation is 1. The predicted octanol–water partition coefficient (Wildman–Crippen LogP) is 3.86. The smallest absolute Gasteiger partial charge is 0.119 e. The first-order valence-corrected chi connectivity index (χ1v) is 7.31. The van der Waals surface area contributed by atoms with Gasteiger partial charge in [0.05, 0.1) is 7.11 Å². The third-order valence-electron chi connectivity index (χ3n) is 4.06. The Morgan fingerprint density at radius 3 is 2.80 bits per heavy atom. The fraction of sp³-hybridized carbons (Fsp3) is 0.333. The molecule has 2 aromatic rings. The van der Waals surface area contributed by atoms with Gasteiger partial charge in [0, 0.05) is 12.6 Å². The van der Waals surface area contributed by atoms with Crippen LogP contribution in [0.1, 0.15) is 35.6 Å². The zero-order valence-electron chi connectivity index (χ0n) is 11.9. The third kappa shape index (κ3) is 2.86. The molecule has 1 unspecified atom stereocenters. The average molecular weight is 267 g/mol. The van der Waals surface area contributed by atoms with Gasteiger partial charge in [0.1, 0.15) is 5.75 Å². The van der Waals surface area contributed by atoms with E-state index in [-0.39, 0.29) is 0 Å². The van der Waals surface area contributed by atoms with Gasteiger partial charge in [-0.25, -0.2) is 0 Å². The highest BCUT2D eigenvalue weighted by molar-refractivity contribution is 5.39. The van der Waals surface area contributed by atoms with Crippen LogP contribution in [0.5, 0.6) is 5.75 Å². The number of fused-ring (bicyclic) bond motifs is 1. The summed E-state index contributed by atoms with van der Waals surface area (Å²) in [6.07, 6.45) is 3.64. The molecule has 0 aromatic heterocycles. The summed E-state index contributed by atoms with van der Waals surface area (Å²) >= 11 is 0. The Hall–Kier alpha value is -1.80. The average Bonchev–Trinajstić information content (AvgIpc) is 2.53. The number of methoxy groups -OCH3 is 1. The van der Waals surface area contributed by atoms with E-state index in [0.717, 1.165) is 12.3 Å². The molecule has 20 heavy (non-hydrogen) atoms. The molecule has 0 fully saturated rings. The van der Waals surface area contributed by atoms with Crippen LogP contribution in [-0.2, 0) is 13.0 Å². The normalized spacial score (nSPS) is 17.6. The summed E-state index contributed by atoms with van der Waals surface area (Å²) in [4.78, 5) is 0. The predicted molar refractivity (Wildman–Crippen MR) is 82.0 cm³/mol. The highest BCUT2D eigenvalue weighted by Gasteiger charge is 2.20. The molecular formula is C18H21NO. The van der Waals surface area contributed by atoms with E-state index in [2.05, 4.69) is 53.8 Å². The lowest BCUT2D eigenvalue weighted by Gasteiger charge is -2.27. The Morgan fingerprint density at radius 2 is 2.00 bits per heavy atom. The molecule has 3 rings (SSSR count). The molecular weight excluding hydrogens is 246 g/mol. The minimum atomic E-state index is 0.439. The summed E-state index contributed by atoms with van der Waals surface area (Å²) in [7, 11) is 1.73. The maximum absolute atomic E-state index is 5.36. The van der Waals surface area contributed by atoms with Crippen molar-refractivity contribution in [3.8, 4) is 5.75 Å². The van der Waals surface area contributed by atoms with Crippen LogP contribution in [0.3, 0.4) is 0 Å². The van der Waals surface area contributed by atoms with Crippen molar-refractivity contribution in [3.63, 3.8) is 0 Å². The van der Waals surface area contributed by atoms with E-state index < -0.39 is 0 Å². The first-order chi connectivity index (χ1) is 9.86. The van der Waals surface area contributed by atoms with Crippen LogP contribution in [0, 0.1) is 0 Å². The summed E-state index contributed by atoms with van der Waals surface area (Å²) in [5.74, 6) is 0.956. The number of hydrogen-bond acceptors (Lipinski definition) is 2. The molecule has 0 spiro atoms. The van der Waals surface area contributed by atoms with E-state index in [0.29, 0.717) is 6.04 Å². The molecule has 0 saturated heterocycles. The van der Waals surface area contributed by atoms with E-state index in [1.54, 1.807) is 7.11 Å². The molecule has 0 radical (unpaired) electrons. The zero-order chi connectivity index (χ0) is 13.8. The van der Waals surface area contributed by atoms with Crippen molar-refractivity contribution in [2.45, 2.75) is 31.8 Å². The van der Waals surface area contributed by atoms with E-state index in [9.17, 15) is 0 Å². The first kappa shape index (κ1) is 13.2. The Labute approximate surface area is 120 Å². The van der Waals surface area contributed by atoms with Crippen LogP contribution in [0.25, 0.3) is 0 Å². The van der Waals surface area contributed by atoms with Gasteiger partial charge in [0.25, 0.3) is 0 Å². The molecule has 2 aromatic carbocycles. The largest absolute Gasteiger partial charge is 0.497 e. The van der Waals surface area contributed by atoms with Crippen LogP contribution in [0.2, 0.25) is 0 Å². The highest BCUT2D eigenvalue weighted by Crippen LogP contribution is 2.32. The van der Waals surface area contributed by atoms with Crippen LogP contribution < -0.4 is 10.1 Å². The summed E-state index contributed by atoms with van der Waals surface area (Å²) < 4.78 is 5.36. The van der Waals surface area contributed by atoms with E-state index in [1.165, 1.54) is 36.0 Å². The van der Waals surface area contributed by atoms with Crippen molar-refractivity contribution in [2.24, 2.45) is 0 Å². The highest BCUT2D eigenvalue weighted by atomic mass is 16.5. The fourth-order valence-corrected chi connectivity index (χ4v) is 2.95. The molecule has 1 N–H and O–H groups in total. The minimum Gasteiger partial charge on any atom is -0.497 e. The van der Waals surface area contributed by atoms with Crippen molar-refractivity contribution >= 4 is 0 Å². The molecule has 0 heterocycles. The van der Waals surface area contributed by atoms with Crippen LogP contribution >= 0.6 is 0 Å². The van der Waals surface area contributed by atoms with Crippen LogP contribution in [-0.4, -0.2) is 7.11 Å². The Kier molecular flexibility index (Phi) is 4.03. The van der Waals surface area contributed by atoms with Crippen LogP contribution in [0.15, 0.2) is 48.5 Å². The van der Waals surface area contributed by atoms with Crippen LogP contribution in [0.4, 0.5) is 0 Å². The van der Waals surface area contributed by atoms with Crippen molar-refractivity contribution < 1.29 is 4.74 Å². The van der Waals surface area contributed by atoms with Gasteiger partial charge in [0.2, 0.25) is 0 Å². The third-order valence-corrected chi connectivity index (χ3v) is 4.06. The number of nitrogens with one attached hydrogen (secondary N) is 1. The molecule has 104 valence electrons. The number of rotatable bonds is 4. The second kappa shape index (κ2) is 6.10. The standard InChI is InChI=1S/C18H21NO/c1-20-16-11-10-15-8-5-9-18(17(15)12-16)19-13-14-6-3-2-4-7-14/h2-4,6-7,10-12,18-19H,5,8-9,13H2,1H3. The topological polar surface area (TPSA) is 21.3 Å². The maximum Gasteiger partial charge on any atom is 0.119 e. The molecule has 2 nitrogen and oxygen atoms in total.